The number of carbonyl (C=O) groups excluding carboxylic acids is 3. The van der Waals surface area contributed by atoms with Crippen molar-refractivity contribution in [1.82, 2.24) is 4.90 Å². The van der Waals surface area contributed by atoms with E-state index in [2.05, 4.69) is 6.58 Å². The Morgan fingerprint density at radius 2 is 1.90 bits per heavy atom. The fourth-order valence-corrected chi connectivity index (χ4v) is 1.73. The number of carbonyl (C=O) groups is 3. The smallest absolute Gasteiger partial charge is 0.339 e. The van der Waals surface area contributed by atoms with E-state index in [1.54, 1.807) is 30.3 Å². The Morgan fingerprint density at radius 1 is 1.30 bits per heavy atom. The monoisotopic (exact) mass is 275 g/mol. The first-order valence-electron chi connectivity index (χ1n) is 6.06. The molecular weight excluding hydrogens is 258 g/mol. The highest BCUT2D eigenvalue weighted by atomic mass is 16.5. The molecule has 0 spiro atoms. The zero-order chi connectivity index (χ0) is 15.1. The third kappa shape index (κ3) is 4.13. The standard InChI is InChI=1S/C15H17NO4/c1-4-13(18)14(11(2)17)16(3)10-20-15(19)12-8-6-5-7-9-12/h4-9,14H,1,10H2,2-3H3. The molecule has 1 aromatic rings. The van der Waals surface area contributed by atoms with Crippen molar-refractivity contribution in [3.8, 4) is 0 Å². The zero-order valence-electron chi connectivity index (χ0n) is 11.5. The molecule has 5 heteroatoms. The molecule has 20 heavy (non-hydrogen) atoms. The highest BCUT2D eigenvalue weighted by Gasteiger charge is 2.26. The Kier molecular flexibility index (Phi) is 5.80. The minimum atomic E-state index is -0.976. The van der Waals surface area contributed by atoms with E-state index < -0.39 is 17.8 Å². The summed E-state index contributed by atoms with van der Waals surface area (Å²) in [5.41, 5.74) is 0.412. The van der Waals surface area contributed by atoms with Crippen LogP contribution in [0.25, 0.3) is 0 Å². The topological polar surface area (TPSA) is 63.7 Å². The van der Waals surface area contributed by atoms with Crippen LogP contribution in [-0.2, 0) is 14.3 Å². The summed E-state index contributed by atoms with van der Waals surface area (Å²) in [6, 6.07) is 7.51. The van der Waals surface area contributed by atoms with Gasteiger partial charge in [0.1, 0.15) is 12.8 Å². The summed E-state index contributed by atoms with van der Waals surface area (Å²) in [5, 5.41) is 0. The van der Waals surface area contributed by atoms with Crippen molar-refractivity contribution < 1.29 is 19.1 Å². The summed E-state index contributed by atoms with van der Waals surface area (Å²) in [6.45, 7) is 4.50. The van der Waals surface area contributed by atoms with Gasteiger partial charge in [0.15, 0.2) is 11.6 Å². The average Bonchev–Trinajstić information content (AvgIpc) is 2.45. The molecule has 0 aromatic heterocycles. The molecule has 0 aliphatic rings. The second-order valence-electron chi connectivity index (χ2n) is 4.30. The van der Waals surface area contributed by atoms with Gasteiger partial charge in [0, 0.05) is 0 Å². The van der Waals surface area contributed by atoms with E-state index in [4.69, 9.17) is 4.74 Å². The second-order valence-corrected chi connectivity index (χ2v) is 4.30. The van der Waals surface area contributed by atoms with Gasteiger partial charge in [0.2, 0.25) is 0 Å². The molecule has 0 fully saturated rings. The van der Waals surface area contributed by atoms with Gasteiger partial charge in [0.05, 0.1) is 5.56 Å². The van der Waals surface area contributed by atoms with Crippen molar-refractivity contribution in [2.75, 3.05) is 13.8 Å². The van der Waals surface area contributed by atoms with Crippen LogP contribution in [0.15, 0.2) is 43.0 Å². The Balaban J connectivity index is 2.64. The molecule has 1 rings (SSSR count). The first kappa shape index (κ1) is 15.8. The molecule has 0 amide bonds. The molecule has 1 aromatic carbocycles. The van der Waals surface area contributed by atoms with Gasteiger partial charge >= 0.3 is 5.97 Å². The summed E-state index contributed by atoms with van der Waals surface area (Å²) < 4.78 is 5.06. The molecule has 0 heterocycles. The SMILES string of the molecule is C=CC(=O)C(C(C)=O)N(C)COC(=O)c1ccccc1. The lowest BCUT2D eigenvalue weighted by molar-refractivity contribution is -0.132. The van der Waals surface area contributed by atoms with E-state index in [-0.39, 0.29) is 12.5 Å². The first-order chi connectivity index (χ1) is 9.47. The third-order valence-corrected chi connectivity index (χ3v) is 2.71. The minimum absolute atomic E-state index is 0.155. The largest absolute Gasteiger partial charge is 0.446 e. The van der Waals surface area contributed by atoms with Crippen molar-refractivity contribution in [2.24, 2.45) is 0 Å². The van der Waals surface area contributed by atoms with Crippen LogP contribution in [0, 0.1) is 0 Å². The molecule has 106 valence electrons. The Bertz CT molecular complexity index is 510. The lowest BCUT2D eigenvalue weighted by Gasteiger charge is -2.23. The average molecular weight is 275 g/mol. The number of likely N-dealkylation sites (N-methyl/N-ethyl adjacent to an activating group) is 1. The van der Waals surface area contributed by atoms with E-state index in [0.717, 1.165) is 6.08 Å². The van der Waals surface area contributed by atoms with Crippen LogP contribution in [0.2, 0.25) is 0 Å². The number of Topliss-reactive ketones (excluding diaryl/α,β-unsaturated/α-hetero) is 1. The molecule has 0 saturated carbocycles. The van der Waals surface area contributed by atoms with Crippen molar-refractivity contribution in [1.29, 1.82) is 0 Å². The normalized spacial score (nSPS) is 11.8. The maximum Gasteiger partial charge on any atom is 0.339 e. The summed E-state index contributed by atoms with van der Waals surface area (Å²) in [5.74, 6) is -1.25. The maximum atomic E-state index is 11.7. The number of esters is 1. The molecule has 0 aliphatic carbocycles. The van der Waals surface area contributed by atoms with Crippen LogP contribution in [0.4, 0.5) is 0 Å². The van der Waals surface area contributed by atoms with E-state index in [1.165, 1.54) is 18.9 Å². The Hall–Kier alpha value is -2.27. The third-order valence-electron chi connectivity index (χ3n) is 2.71. The number of ketones is 2. The molecule has 1 atom stereocenters. The molecule has 1 unspecified atom stereocenters. The van der Waals surface area contributed by atoms with Gasteiger partial charge in [-0.1, -0.05) is 24.8 Å². The highest BCUT2D eigenvalue weighted by molar-refractivity contribution is 6.10. The summed E-state index contributed by atoms with van der Waals surface area (Å²) in [6.07, 6.45) is 1.08. The van der Waals surface area contributed by atoms with Crippen molar-refractivity contribution in [3.63, 3.8) is 0 Å². The molecule has 0 aliphatic heterocycles. The number of ether oxygens (including phenoxy) is 1. The number of rotatable bonds is 7. The first-order valence-corrected chi connectivity index (χ1v) is 6.06. The van der Waals surface area contributed by atoms with Gasteiger partial charge < -0.3 is 4.74 Å². The van der Waals surface area contributed by atoms with Crippen LogP contribution in [-0.4, -0.2) is 42.3 Å². The van der Waals surface area contributed by atoms with Gasteiger partial charge in [-0.25, -0.2) is 4.79 Å². The fraction of sp³-hybridized carbons (Fsp3) is 0.267. The van der Waals surface area contributed by atoms with Crippen molar-refractivity contribution >= 4 is 17.5 Å². The Labute approximate surface area is 117 Å². The summed E-state index contributed by atoms with van der Waals surface area (Å²) in [7, 11) is 1.53. The molecule has 0 saturated heterocycles. The second kappa shape index (κ2) is 7.35. The summed E-state index contributed by atoms with van der Waals surface area (Å²) in [4.78, 5) is 36.1. The molecule has 0 radical (unpaired) electrons. The van der Waals surface area contributed by atoms with Crippen LogP contribution in [0.1, 0.15) is 17.3 Å². The van der Waals surface area contributed by atoms with Crippen LogP contribution in [0.3, 0.4) is 0 Å². The molecular formula is C15H17NO4. The number of nitrogens with zero attached hydrogens (tertiary/aromatic N) is 1. The van der Waals surface area contributed by atoms with Gasteiger partial charge in [-0.05, 0) is 32.2 Å². The fourth-order valence-electron chi connectivity index (χ4n) is 1.73. The van der Waals surface area contributed by atoms with E-state index >= 15 is 0 Å². The summed E-state index contributed by atoms with van der Waals surface area (Å²) >= 11 is 0. The maximum absolute atomic E-state index is 11.7. The van der Waals surface area contributed by atoms with Gasteiger partial charge in [-0.3, -0.25) is 14.5 Å². The molecule has 0 bridgehead atoms. The highest BCUT2D eigenvalue weighted by Crippen LogP contribution is 2.05. The number of hydrogen-bond donors (Lipinski definition) is 0. The number of hydrogen-bond acceptors (Lipinski definition) is 5. The lowest BCUT2D eigenvalue weighted by atomic mass is 10.1. The van der Waals surface area contributed by atoms with Crippen LogP contribution < -0.4 is 0 Å². The zero-order valence-corrected chi connectivity index (χ0v) is 11.5. The lowest BCUT2D eigenvalue weighted by Crippen LogP contribution is -2.44. The van der Waals surface area contributed by atoms with Gasteiger partial charge in [-0.2, -0.15) is 0 Å². The van der Waals surface area contributed by atoms with E-state index in [9.17, 15) is 14.4 Å². The Morgan fingerprint density at radius 3 is 2.40 bits per heavy atom. The van der Waals surface area contributed by atoms with Gasteiger partial charge in [0.25, 0.3) is 0 Å². The molecule has 5 nitrogen and oxygen atoms in total. The quantitative estimate of drug-likeness (QED) is 0.326. The number of benzene rings is 1. The van der Waals surface area contributed by atoms with Crippen LogP contribution in [0.5, 0.6) is 0 Å². The van der Waals surface area contributed by atoms with Crippen molar-refractivity contribution in [3.05, 3.63) is 48.6 Å². The van der Waals surface area contributed by atoms with Crippen LogP contribution >= 0.6 is 0 Å². The predicted octanol–water partition coefficient (Wildman–Crippen LogP) is 1.45. The van der Waals surface area contributed by atoms with Gasteiger partial charge in [-0.15, -0.1) is 0 Å². The minimum Gasteiger partial charge on any atom is -0.446 e. The van der Waals surface area contributed by atoms with E-state index in [0.29, 0.717) is 5.56 Å². The van der Waals surface area contributed by atoms with Crippen molar-refractivity contribution in [2.45, 2.75) is 13.0 Å². The predicted molar refractivity (Wildman–Crippen MR) is 74.2 cm³/mol. The van der Waals surface area contributed by atoms with E-state index in [1.807, 2.05) is 0 Å². The molecule has 0 N–H and O–H groups in total.